The monoisotopic (exact) mass is 293 g/mol. The largest absolute Gasteiger partial charge is 0.495 e. The molecule has 1 aromatic rings. The van der Waals surface area contributed by atoms with Gasteiger partial charge < -0.3 is 15.2 Å². The molecule has 0 aliphatic heterocycles. The number of benzene rings is 1. The van der Waals surface area contributed by atoms with E-state index in [1.807, 2.05) is 52.0 Å². The van der Waals surface area contributed by atoms with E-state index in [0.717, 1.165) is 5.69 Å². The van der Waals surface area contributed by atoms with Gasteiger partial charge in [-0.25, -0.2) is 4.79 Å². The Hall–Kier alpha value is -1.71. The first-order valence-corrected chi connectivity index (χ1v) is 7.45. The minimum Gasteiger partial charge on any atom is -0.495 e. The molecule has 21 heavy (non-hydrogen) atoms. The summed E-state index contributed by atoms with van der Waals surface area (Å²) < 4.78 is 5.33. The summed E-state index contributed by atoms with van der Waals surface area (Å²) in [5, 5.41) is 13.1. The molecule has 0 bridgehead atoms. The van der Waals surface area contributed by atoms with Crippen molar-refractivity contribution in [3.8, 4) is 5.75 Å². The maximum Gasteiger partial charge on any atom is 0.329 e. The van der Waals surface area contributed by atoms with E-state index in [0.29, 0.717) is 18.6 Å². The van der Waals surface area contributed by atoms with Crippen LogP contribution in [0.3, 0.4) is 0 Å². The van der Waals surface area contributed by atoms with E-state index in [-0.39, 0.29) is 11.8 Å². The van der Waals surface area contributed by atoms with Gasteiger partial charge in [0, 0.05) is 0 Å². The number of aliphatic carboxylic acids is 1. The molecule has 1 aromatic carbocycles. The molecule has 0 saturated carbocycles. The summed E-state index contributed by atoms with van der Waals surface area (Å²) in [6.07, 6.45) is 1.14. The van der Waals surface area contributed by atoms with Gasteiger partial charge in [0.2, 0.25) is 0 Å². The van der Waals surface area contributed by atoms with Crippen molar-refractivity contribution in [1.29, 1.82) is 0 Å². The van der Waals surface area contributed by atoms with Crippen molar-refractivity contribution in [1.82, 2.24) is 0 Å². The third kappa shape index (κ3) is 4.66. The van der Waals surface area contributed by atoms with Gasteiger partial charge in [-0.2, -0.15) is 0 Å². The van der Waals surface area contributed by atoms with Crippen molar-refractivity contribution in [2.24, 2.45) is 11.8 Å². The van der Waals surface area contributed by atoms with Gasteiger partial charge in [0.1, 0.15) is 11.3 Å². The number of nitrogens with one attached hydrogen (secondary N) is 1. The Labute approximate surface area is 127 Å². The molecule has 0 aliphatic rings. The van der Waals surface area contributed by atoms with E-state index in [1.165, 1.54) is 0 Å². The average Bonchev–Trinajstić information content (AvgIpc) is 2.37. The van der Waals surface area contributed by atoms with Gasteiger partial charge in [-0.1, -0.05) is 39.8 Å². The fourth-order valence-corrected chi connectivity index (χ4v) is 2.81. The molecule has 4 heteroatoms. The van der Waals surface area contributed by atoms with Crippen LogP contribution in [0.25, 0.3) is 0 Å². The lowest BCUT2D eigenvalue weighted by molar-refractivity contribution is -0.143. The number of ether oxygens (including phenoxy) is 1. The van der Waals surface area contributed by atoms with Crippen LogP contribution in [-0.2, 0) is 4.79 Å². The molecule has 118 valence electrons. The Morgan fingerprint density at radius 3 is 2.14 bits per heavy atom. The van der Waals surface area contributed by atoms with Gasteiger partial charge in [0.25, 0.3) is 0 Å². The lowest BCUT2D eigenvalue weighted by atomic mass is 9.81. The Bertz CT molecular complexity index is 459. The van der Waals surface area contributed by atoms with Crippen LogP contribution >= 0.6 is 0 Å². The maximum atomic E-state index is 12.0. The molecule has 0 amide bonds. The van der Waals surface area contributed by atoms with Gasteiger partial charge in [-0.05, 0) is 36.8 Å². The van der Waals surface area contributed by atoms with Crippen molar-refractivity contribution >= 4 is 11.7 Å². The van der Waals surface area contributed by atoms with E-state index in [2.05, 4.69) is 5.32 Å². The summed E-state index contributed by atoms with van der Waals surface area (Å²) in [6, 6.07) is 7.44. The summed E-state index contributed by atoms with van der Waals surface area (Å²) in [5.41, 5.74) is -0.250. The topological polar surface area (TPSA) is 58.6 Å². The normalized spacial score (nSPS) is 11.8. The van der Waals surface area contributed by atoms with Crippen LogP contribution < -0.4 is 10.1 Å². The lowest BCUT2D eigenvalue weighted by Crippen LogP contribution is -2.48. The average molecular weight is 293 g/mol. The third-order valence-electron chi connectivity index (χ3n) is 3.40. The number of carboxylic acid groups (broad SMARTS) is 1. The maximum absolute atomic E-state index is 12.0. The van der Waals surface area contributed by atoms with E-state index < -0.39 is 11.5 Å². The number of hydrogen-bond donors (Lipinski definition) is 2. The number of methoxy groups -OCH3 is 1. The zero-order chi connectivity index (χ0) is 16.0. The predicted octanol–water partition coefficient (Wildman–Crippen LogP) is 4.02. The second kappa shape index (κ2) is 7.34. The number of carbonyl (C=O) groups is 1. The van der Waals surface area contributed by atoms with Crippen molar-refractivity contribution < 1.29 is 14.6 Å². The van der Waals surface area contributed by atoms with Crippen LogP contribution in [0.15, 0.2) is 24.3 Å². The summed E-state index contributed by atoms with van der Waals surface area (Å²) in [4.78, 5) is 12.0. The molecule has 2 N–H and O–H groups in total. The molecule has 0 aromatic heterocycles. The Kier molecular flexibility index (Phi) is 6.06. The molecule has 1 rings (SSSR count). The predicted molar refractivity (Wildman–Crippen MR) is 85.9 cm³/mol. The summed E-state index contributed by atoms with van der Waals surface area (Å²) in [7, 11) is 1.59. The van der Waals surface area contributed by atoms with Crippen molar-refractivity contribution in [2.75, 3.05) is 12.4 Å². The minimum absolute atomic E-state index is 0.280. The zero-order valence-corrected chi connectivity index (χ0v) is 13.6. The summed E-state index contributed by atoms with van der Waals surface area (Å²) in [6.45, 7) is 8.17. The van der Waals surface area contributed by atoms with Gasteiger partial charge in [0.05, 0.1) is 12.8 Å². The van der Waals surface area contributed by atoms with Crippen LogP contribution in [0.1, 0.15) is 40.5 Å². The first-order chi connectivity index (χ1) is 9.80. The molecular formula is C17H27NO3. The van der Waals surface area contributed by atoms with Gasteiger partial charge in [-0.15, -0.1) is 0 Å². The Balaban J connectivity index is 3.18. The molecule has 0 aliphatic carbocycles. The third-order valence-corrected chi connectivity index (χ3v) is 3.40. The second-order valence-electron chi connectivity index (χ2n) is 6.41. The van der Waals surface area contributed by atoms with E-state index in [1.54, 1.807) is 7.11 Å². The summed E-state index contributed by atoms with van der Waals surface area (Å²) >= 11 is 0. The highest BCUT2D eigenvalue weighted by Crippen LogP contribution is 2.33. The Morgan fingerprint density at radius 2 is 1.71 bits per heavy atom. The van der Waals surface area contributed by atoms with Crippen LogP contribution in [0.5, 0.6) is 5.75 Å². The van der Waals surface area contributed by atoms with E-state index >= 15 is 0 Å². The highest BCUT2D eigenvalue weighted by Gasteiger charge is 2.40. The SMILES string of the molecule is COc1ccccc1NC(CC(C)C)(CC(C)C)C(=O)O. The molecule has 0 spiro atoms. The van der Waals surface area contributed by atoms with Crippen LogP contribution in [-0.4, -0.2) is 23.7 Å². The highest BCUT2D eigenvalue weighted by atomic mass is 16.5. The van der Waals surface area contributed by atoms with Crippen molar-refractivity contribution in [2.45, 2.75) is 46.1 Å². The number of hydrogen-bond acceptors (Lipinski definition) is 3. The van der Waals surface area contributed by atoms with E-state index in [4.69, 9.17) is 4.74 Å². The minimum atomic E-state index is -0.975. The molecule has 4 nitrogen and oxygen atoms in total. The lowest BCUT2D eigenvalue weighted by Gasteiger charge is -2.35. The van der Waals surface area contributed by atoms with Crippen molar-refractivity contribution in [3.05, 3.63) is 24.3 Å². The fourth-order valence-electron chi connectivity index (χ4n) is 2.81. The molecule has 0 atom stereocenters. The smallest absolute Gasteiger partial charge is 0.329 e. The van der Waals surface area contributed by atoms with Gasteiger partial charge in [0.15, 0.2) is 0 Å². The Morgan fingerprint density at radius 1 is 1.19 bits per heavy atom. The van der Waals surface area contributed by atoms with Crippen molar-refractivity contribution in [3.63, 3.8) is 0 Å². The first kappa shape index (κ1) is 17.3. The number of rotatable bonds is 8. The molecular weight excluding hydrogens is 266 g/mol. The second-order valence-corrected chi connectivity index (χ2v) is 6.41. The molecule has 0 radical (unpaired) electrons. The quantitative estimate of drug-likeness (QED) is 0.760. The van der Waals surface area contributed by atoms with Gasteiger partial charge >= 0.3 is 5.97 Å². The molecule has 0 saturated heterocycles. The van der Waals surface area contributed by atoms with Crippen LogP contribution in [0.2, 0.25) is 0 Å². The first-order valence-electron chi connectivity index (χ1n) is 7.45. The van der Waals surface area contributed by atoms with Crippen LogP contribution in [0.4, 0.5) is 5.69 Å². The van der Waals surface area contributed by atoms with Gasteiger partial charge in [-0.3, -0.25) is 0 Å². The van der Waals surface area contributed by atoms with E-state index in [9.17, 15) is 9.90 Å². The number of anilines is 1. The summed E-state index contributed by atoms with van der Waals surface area (Å²) in [5.74, 6) is 0.413. The molecule has 0 unspecified atom stereocenters. The van der Waals surface area contributed by atoms with Crippen LogP contribution in [0, 0.1) is 11.8 Å². The zero-order valence-electron chi connectivity index (χ0n) is 13.6. The molecule has 0 fully saturated rings. The number of carboxylic acids is 1. The number of para-hydroxylation sites is 2. The standard InChI is InChI=1S/C17H27NO3/c1-12(2)10-17(16(19)20,11-13(3)4)18-14-8-6-7-9-15(14)21-5/h6-9,12-13,18H,10-11H2,1-5H3,(H,19,20). The highest BCUT2D eigenvalue weighted by molar-refractivity contribution is 5.83. The molecule has 0 heterocycles. The fraction of sp³-hybridized carbons (Fsp3) is 0.588.